The summed E-state index contributed by atoms with van der Waals surface area (Å²) in [6, 6.07) is 17.0. The molecule has 3 aromatic rings. The molecule has 6 nitrogen and oxygen atoms in total. The Balaban J connectivity index is 1.67. The van der Waals surface area contributed by atoms with Crippen LogP contribution in [0, 0.1) is 6.92 Å². The largest absolute Gasteiger partial charge is 0.494 e. The van der Waals surface area contributed by atoms with Crippen LogP contribution < -0.4 is 15.8 Å². The molecule has 3 N–H and O–H groups in total. The van der Waals surface area contributed by atoms with E-state index in [9.17, 15) is 0 Å². The van der Waals surface area contributed by atoms with E-state index in [2.05, 4.69) is 58.7 Å². The highest BCUT2D eigenvalue weighted by molar-refractivity contribution is 5.42. The van der Waals surface area contributed by atoms with Crippen molar-refractivity contribution in [3.8, 4) is 5.75 Å². The van der Waals surface area contributed by atoms with Crippen LogP contribution in [0.25, 0.3) is 0 Å². The van der Waals surface area contributed by atoms with Crippen LogP contribution in [0.15, 0.2) is 48.5 Å². The fraction of sp³-hybridized carbons (Fsp3) is 0.300. The smallest absolute Gasteiger partial charge is 0.241 e. The monoisotopic (exact) mass is 349 g/mol. The fourth-order valence-electron chi connectivity index (χ4n) is 3.44. The SMILES string of the molecule is CCOc1ccc([C@H]2C[C@H](c3ccc(C)cc3)n3nc(N)nc3N2)cc1. The zero-order valence-corrected chi connectivity index (χ0v) is 15.0. The number of rotatable bonds is 4. The number of aromatic nitrogens is 3. The Morgan fingerprint density at radius 3 is 2.50 bits per heavy atom. The number of nitrogens with one attached hydrogen (secondary N) is 1. The molecule has 0 saturated heterocycles. The molecular weight excluding hydrogens is 326 g/mol. The normalized spacial score (nSPS) is 18.8. The van der Waals surface area contributed by atoms with Crippen LogP contribution >= 0.6 is 0 Å². The maximum atomic E-state index is 5.86. The van der Waals surface area contributed by atoms with Gasteiger partial charge in [-0.2, -0.15) is 4.98 Å². The number of anilines is 2. The number of nitrogens with zero attached hydrogens (tertiary/aromatic N) is 3. The second-order valence-corrected chi connectivity index (χ2v) is 6.60. The second kappa shape index (κ2) is 6.71. The van der Waals surface area contributed by atoms with E-state index >= 15 is 0 Å². The van der Waals surface area contributed by atoms with E-state index in [0.29, 0.717) is 12.6 Å². The number of fused-ring (bicyclic) bond motifs is 1. The molecule has 0 bridgehead atoms. The minimum atomic E-state index is 0.0909. The minimum absolute atomic E-state index is 0.0909. The average Bonchev–Trinajstić information content (AvgIpc) is 3.03. The Morgan fingerprint density at radius 2 is 1.81 bits per heavy atom. The summed E-state index contributed by atoms with van der Waals surface area (Å²) < 4.78 is 7.44. The average molecular weight is 349 g/mol. The van der Waals surface area contributed by atoms with E-state index in [-0.39, 0.29) is 18.0 Å². The third kappa shape index (κ3) is 3.10. The van der Waals surface area contributed by atoms with Gasteiger partial charge in [0.25, 0.3) is 0 Å². The summed E-state index contributed by atoms with van der Waals surface area (Å²) >= 11 is 0. The molecule has 2 atom stereocenters. The molecule has 0 spiro atoms. The first kappa shape index (κ1) is 16.4. The highest BCUT2D eigenvalue weighted by atomic mass is 16.5. The van der Waals surface area contributed by atoms with Crippen molar-refractivity contribution in [2.24, 2.45) is 0 Å². The van der Waals surface area contributed by atoms with Crippen LogP contribution in [-0.4, -0.2) is 21.4 Å². The zero-order valence-electron chi connectivity index (χ0n) is 15.0. The topological polar surface area (TPSA) is 78.0 Å². The van der Waals surface area contributed by atoms with Crippen molar-refractivity contribution in [3.63, 3.8) is 0 Å². The summed E-state index contributed by atoms with van der Waals surface area (Å²) in [5.74, 6) is 1.88. The zero-order chi connectivity index (χ0) is 18.1. The molecule has 2 aromatic carbocycles. The van der Waals surface area contributed by atoms with Gasteiger partial charge in [-0.15, -0.1) is 5.10 Å². The Kier molecular flexibility index (Phi) is 4.24. The van der Waals surface area contributed by atoms with Crippen LogP contribution in [0.3, 0.4) is 0 Å². The van der Waals surface area contributed by atoms with Crippen molar-refractivity contribution < 1.29 is 4.74 Å². The van der Waals surface area contributed by atoms with Gasteiger partial charge in [-0.05, 0) is 43.5 Å². The molecule has 0 saturated carbocycles. The molecule has 1 aliphatic rings. The van der Waals surface area contributed by atoms with Crippen molar-refractivity contribution in [1.82, 2.24) is 14.8 Å². The maximum Gasteiger partial charge on any atom is 0.241 e. The van der Waals surface area contributed by atoms with Gasteiger partial charge in [0.1, 0.15) is 5.75 Å². The van der Waals surface area contributed by atoms with Crippen LogP contribution in [-0.2, 0) is 0 Å². The third-order valence-electron chi connectivity index (χ3n) is 4.76. The molecule has 2 heterocycles. The molecule has 0 aliphatic carbocycles. The summed E-state index contributed by atoms with van der Waals surface area (Å²) in [5, 5.41) is 7.86. The standard InChI is InChI=1S/C20H23N5O/c1-3-26-16-10-8-14(9-11-16)17-12-18(15-6-4-13(2)5-7-15)25-20(22-17)23-19(21)24-25/h4-11,17-18H,3,12H2,1-2H3,(H3,21,22,23,24)/t17-,18-/m1/s1. The Labute approximate surface area is 153 Å². The number of hydrogen-bond donors (Lipinski definition) is 2. The third-order valence-corrected chi connectivity index (χ3v) is 4.76. The molecule has 0 unspecified atom stereocenters. The van der Waals surface area contributed by atoms with Crippen molar-refractivity contribution in [3.05, 3.63) is 65.2 Å². The summed E-state index contributed by atoms with van der Waals surface area (Å²) in [7, 11) is 0. The van der Waals surface area contributed by atoms with E-state index in [1.807, 2.05) is 23.7 Å². The molecule has 26 heavy (non-hydrogen) atoms. The molecule has 1 aromatic heterocycles. The number of nitrogens with two attached hydrogens (primary N) is 1. The van der Waals surface area contributed by atoms with Gasteiger partial charge < -0.3 is 15.8 Å². The molecule has 0 fully saturated rings. The summed E-state index contributed by atoms with van der Waals surface area (Å²) in [5.41, 5.74) is 9.50. The quantitative estimate of drug-likeness (QED) is 0.751. The molecular formula is C20H23N5O. The first-order chi connectivity index (χ1) is 12.6. The second-order valence-electron chi connectivity index (χ2n) is 6.60. The number of benzene rings is 2. The van der Waals surface area contributed by atoms with Crippen LogP contribution in [0.2, 0.25) is 0 Å². The van der Waals surface area contributed by atoms with Gasteiger partial charge in [0, 0.05) is 0 Å². The van der Waals surface area contributed by atoms with Crippen molar-refractivity contribution in [2.75, 3.05) is 17.7 Å². The first-order valence-electron chi connectivity index (χ1n) is 8.92. The summed E-state index contributed by atoms with van der Waals surface area (Å²) in [6.45, 7) is 4.74. The number of hydrogen-bond acceptors (Lipinski definition) is 5. The predicted molar refractivity (Wildman–Crippen MR) is 102 cm³/mol. The van der Waals surface area contributed by atoms with E-state index in [1.165, 1.54) is 16.7 Å². The van der Waals surface area contributed by atoms with E-state index in [1.54, 1.807) is 0 Å². The molecule has 1 aliphatic heterocycles. The maximum absolute atomic E-state index is 5.86. The Hall–Kier alpha value is -3.02. The minimum Gasteiger partial charge on any atom is -0.494 e. The lowest BCUT2D eigenvalue weighted by atomic mass is 9.93. The number of aryl methyl sites for hydroxylation is 1. The van der Waals surface area contributed by atoms with Gasteiger partial charge in [0.15, 0.2) is 0 Å². The van der Waals surface area contributed by atoms with Gasteiger partial charge in [0.05, 0.1) is 18.7 Å². The Bertz CT molecular complexity index is 886. The lowest BCUT2D eigenvalue weighted by molar-refractivity contribution is 0.340. The predicted octanol–water partition coefficient (Wildman–Crippen LogP) is 3.71. The molecule has 0 amide bonds. The van der Waals surface area contributed by atoms with Crippen molar-refractivity contribution in [2.45, 2.75) is 32.4 Å². The highest BCUT2D eigenvalue weighted by Crippen LogP contribution is 2.38. The van der Waals surface area contributed by atoms with Crippen LogP contribution in [0.5, 0.6) is 5.75 Å². The van der Waals surface area contributed by atoms with Gasteiger partial charge >= 0.3 is 0 Å². The van der Waals surface area contributed by atoms with E-state index < -0.39 is 0 Å². The first-order valence-corrected chi connectivity index (χ1v) is 8.92. The van der Waals surface area contributed by atoms with Crippen LogP contribution in [0.4, 0.5) is 11.9 Å². The van der Waals surface area contributed by atoms with Gasteiger partial charge in [-0.3, -0.25) is 0 Å². The lowest BCUT2D eigenvalue weighted by Crippen LogP contribution is -2.28. The summed E-state index contributed by atoms with van der Waals surface area (Å²) in [6.07, 6.45) is 0.868. The molecule has 4 rings (SSSR count). The lowest BCUT2D eigenvalue weighted by Gasteiger charge is -2.31. The van der Waals surface area contributed by atoms with E-state index in [0.717, 1.165) is 12.2 Å². The fourth-order valence-corrected chi connectivity index (χ4v) is 3.44. The summed E-state index contributed by atoms with van der Waals surface area (Å²) in [4.78, 5) is 4.36. The molecule has 134 valence electrons. The van der Waals surface area contributed by atoms with E-state index in [4.69, 9.17) is 10.5 Å². The van der Waals surface area contributed by atoms with Crippen LogP contribution in [0.1, 0.15) is 42.1 Å². The van der Waals surface area contributed by atoms with Gasteiger partial charge in [0.2, 0.25) is 11.9 Å². The van der Waals surface area contributed by atoms with Gasteiger partial charge in [-0.1, -0.05) is 42.0 Å². The number of nitrogen functional groups attached to an aromatic ring is 1. The molecule has 0 radical (unpaired) electrons. The van der Waals surface area contributed by atoms with Crippen molar-refractivity contribution >= 4 is 11.9 Å². The van der Waals surface area contributed by atoms with Crippen molar-refractivity contribution in [1.29, 1.82) is 0 Å². The molecule has 6 heteroatoms. The number of ether oxygens (including phenoxy) is 1. The highest BCUT2D eigenvalue weighted by Gasteiger charge is 2.30. The van der Waals surface area contributed by atoms with Gasteiger partial charge in [-0.25, -0.2) is 4.68 Å². The Morgan fingerprint density at radius 1 is 1.12 bits per heavy atom.